The smallest absolute Gasteiger partial charge is 0.199 e. The van der Waals surface area contributed by atoms with Crippen LogP contribution >= 0.6 is 12.2 Å². The molecule has 1 N–H and O–H groups in total. The molecule has 4 nitrogen and oxygen atoms in total. The molecule has 0 saturated heterocycles. The number of rotatable bonds is 2. The molecule has 1 fully saturated rings. The summed E-state index contributed by atoms with van der Waals surface area (Å²) in [5.74, 6) is 1.58. The van der Waals surface area contributed by atoms with Gasteiger partial charge in [-0.3, -0.25) is 14.6 Å². The SMILES string of the molecule is S=c1[nH]nc(C2CC2)n1-c1cccc2ncccc12. The zero-order chi connectivity index (χ0) is 12.8. The zero-order valence-electron chi connectivity index (χ0n) is 10.2. The fourth-order valence-corrected chi connectivity index (χ4v) is 2.68. The molecular weight excluding hydrogens is 256 g/mol. The molecule has 5 heteroatoms. The summed E-state index contributed by atoms with van der Waals surface area (Å²) in [6.07, 6.45) is 4.20. The highest BCUT2D eigenvalue weighted by Gasteiger charge is 2.29. The average molecular weight is 268 g/mol. The Hall–Kier alpha value is -2.01. The predicted octanol–water partition coefficient (Wildman–Crippen LogP) is 3.36. The highest BCUT2D eigenvalue weighted by molar-refractivity contribution is 7.71. The number of hydrogen-bond donors (Lipinski definition) is 1. The summed E-state index contributed by atoms with van der Waals surface area (Å²) < 4.78 is 2.70. The fraction of sp³-hybridized carbons (Fsp3) is 0.214. The van der Waals surface area contributed by atoms with Crippen LogP contribution in [0, 0.1) is 4.77 Å². The maximum Gasteiger partial charge on any atom is 0.199 e. The summed E-state index contributed by atoms with van der Waals surface area (Å²) in [5.41, 5.74) is 2.04. The van der Waals surface area contributed by atoms with E-state index in [0.717, 1.165) is 22.4 Å². The largest absolute Gasteiger partial charge is 0.271 e. The Balaban J connectivity index is 2.05. The number of benzene rings is 1. The Labute approximate surface area is 115 Å². The molecule has 0 aliphatic heterocycles. The van der Waals surface area contributed by atoms with Crippen LogP contribution in [0.15, 0.2) is 36.5 Å². The second-order valence-corrected chi connectivity index (χ2v) is 5.23. The summed E-state index contributed by atoms with van der Waals surface area (Å²) in [7, 11) is 0. The number of H-pyrrole nitrogens is 1. The molecule has 1 aliphatic carbocycles. The van der Waals surface area contributed by atoms with Crippen LogP contribution in [-0.4, -0.2) is 19.7 Å². The lowest BCUT2D eigenvalue weighted by Crippen LogP contribution is -2.01. The maximum atomic E-state index is 5.39. The molecule has 19 heavy (non-hydrogen) atoms. The number of nitrogens with one attached hydrogen (secondary N) is 1. The third-order valence-corrected chi connectivity index (χ3v) is 3.78. The summed E-state index contributed by atoms with van der Waals surface area (Å²) in [6, 6.07) is 10.1. The van der Waals surface area contributed by atoms with Gasteiger partial charge in [0.2, 0.25) is 0 Å². The first-order chi connectivity index (χ1) is 9.34. The Morgan fingerprint density at radius 2 is 2.11 bits per heavy atom. The molecule has 1 saturated carbocycles. The van der Waals surface area contributed by atoms with Gasteiger partial charge in [-0.2, -0.15) is 5.10 Å². The van der Waals surface area contributed by atoms with Crippen molar-refractivity contribution in [3.63, 3.8) is 0 Å². The minimum atomic E-state index is 0.542. The summed E-state index contributed by atoms with van der Waals surface area (Å²) in [4.78, 5) is 4.39. The van der Waals surface area contributed by atoms with Crippen molar-refractivity contribution in [2.45, 2.75) is 18.8 Å². The molecule has 2 heterocycles. The fourth-order valence-electron chi connectivity index (χ4n) is 2.44. The van der Waals surface area contributed by atoms with Crippen LogP contribution in [0.5, 0.6) is 0 Å². The van der Waals surface area contributed by atoms with E-state index in [0.29, 0.717) is 10.7 Å². The van der Waals surface area contributed by atoms with Crippen LogP contribution in [0.3, 0.4) is 0 Å². The van der Waals surface area contributed by atoms with Crippen molar-refractivity contribution in [1.29, 1.82) is 0 Å². The van der Waals surface area contributed by atoms with Gasteiger partial charge in [-0.05, 0) is 49.3 Å². The number of aromatic amines is 1. The van der Waals surface area contributed by atoms with Crippen molar-refractivity contribution < 1.29 is 0 Å². The monoisotopic (exact) mass is 268 g/mol. The van der Waals surface area contributed by atoms with Crippen LogP contribution in [-0.2, 0) is 0 Å². The van der Waals surface area contributed by atoms with Gasteiger partial charge in [0.1, 0.15) is 5.82 Å². The molecule has 0 spiro atoms. The Kier molecular flexibility index (Phi) is 2.29. The molecule has 3 aromatic rings. The van der Waals surface area contributed by atoms with E-state index in [9.17, 15) is 0 Å². The molecular formula is C14H12N4S. The molecule has 0 amide bonds. The molecule has 1 aliphatic rings. The van der Waals surface area contributed by atoms with Crippen LogP contribution in [0.25, 0.3) is 16.6 Å². The summed E-state index contributed by atoms with van der Waals surface area (Å²) >= 11 is 5.39. The van der Waals surface area contributed by atoms with Gasteiger partial charge in [0.15, 0.2) is 4.77 Å². The lowest BCUT2D eigenvalue weighted by molar-refractivity contribution is 0.872. The molecule has 1 aromatic carbocycles. The Morgan fingerprint density at radius 1 is 1.21 bits per heavy atom. The van der Waals surface area contributed by atoms with Gasteiger partial charge >= 0.3 is 0 Å². The molecule has 4 rings (SSSR count). The van der Waals surface area contributed by atoms with Crippen LogP contribution in [0.4, 0.5) is 0 Å². The van der Waals surface area contributed by atoms with E-state index in [1.54, 1.807) is 0 Å². The minimum Gasteiger partial charge on any atom is -0.271 e. The molecule has 0 atom stereocenters. The first-order valence-electron chi connectivity index (χ1n) is 6.36. The van der Waals surface area contributed by atoms with E-state index in [1.807, 2.05) is 24.4 Å². The quantitative estimate of drug-likeness (QED) is 0.725. The molecule has 0 radical (unpaired) electrons. The third-order valence-electron chi connectivity index (χ3n) is 3.50. The van der Waals surface area contributed by atoms with Crippen molar-refractivity contribution >= 4 is 23.1 Å². The highest BCUT2D eigenvalue weighted by atomic mass is 32.1. The van der Waals surface area contributed by atoms with Gasteiger partial charge in [-0.1, -0.05) is 6.07 Å². The number of nitrogens with zero attached hydrogens (tertiary/aromatic N) is 3. The van der Waals surface area contributed by atoms with Crippen molar-refractivity contribution in [2.24, 2.45) is 0 Å². The standard InChI is InChI=1S/C14H12N4S/c19-14-17-16-13(9-6-7-9)18(14)12-5-1-4-11-10(12)3-2-8-15-11/h1-5,8-9H,6-7H2,(H,17,19). The first kappa shape index (κ1) is 10.9. The van der Waals surface area contributed by atoms with Crippen LogP contribution in [0.2, 0.25) is 0 Å². The van der Waals surface area contributed by atoms with E-state index >= 15 is 0 Å². The van der Waals surface area contributed by atoms with Gasteiger partial charge < -0.3 is 0 Å². The van der Waals surface area contributed by atoms with Crippen LogP contribution in [0.1, 0.15) is 24.6 Å². The second-order valence-electron chi connectivity index (χ2n) is 4.84. The van der Waals surface area contributed by atoms with Crippen molar-refractivity contribution in [3.8, 4) is 5.69 Å². The topological polar surface area (TPSA) is 46.5 Å². The highest BCUT2D eigenvalue weighted by Crippen LogP contribution is 2.40. The lowest BCUT2D eigenvalue weighted by atomic mass is 10.1. The normalized spacial score (nSPS) is 14.9. The Morgan fingerprint density at radius 3 is 2.95 bits per heavy atom. The van der Waals surface area contributed by atoms with Gasteiger partial charge in [-0.15, -0.1) is 0 Å². The summed E-state index contributed by atoms with van der Waals surface area (Å²) in [6.45, 7) is 0. The summed E-state index contributed by atoms with van der Waals surface area (Å²) in [5, 5.41) is 8.40. The minimum absolute atomic E-state index is 0.542. The zero-order valence-corrected chi connectivity index (χ0v) is 11.0. The van der Waals surface area contributed by atoms with E-state index in [1.165, 1.54) is 12.8 Å². The van der Waals surface area contributed by atoms with Gasteiger partial charge in [0, 0.05) is 17.5 Å². The van der Waals surface area contributed by atoms with Gasteiger partial charge in [-0.25, -0.2) is 0 Å². The van der Waals surface area contributed by atoms with Gasteiger partial charge in [0.05, 0.1) is 11.2 Å². The number of aromatic nitrogens is 4. The molecule has 94 valence electrons. The van der Waals surface area contributed by atoms with Crippen molar-refractivity contribution in [1.82, 2.24) is 19.7 Å². The number of fused-ring (bicyclic) bond motifs is 1. The number of pyridine rings is 1. The van der Waals surface area contributed by atoms with E-state index < -0.39 is 0 Å². The second kappa shape index (κ2) is 3.99. The van der Waals surface area contributed by atoms with Crippen molar-refractivity contribution in [3.05, 3.63) is 47.1 Å². The van der Waals surface area contributed by atoms with E-state index in [2.05, 4.69) is 31.9 Å². The van der Waals surface area contributed by atoms with Gasteiger partial charge in [0.25, 0.3) is 0 Å². The maximum absolute atomic E-state index is 5.39. The predicted molar refractivity (Wildman–Crippen MR) is 76.0 cm³/mol. The van der Waals surface area contributed by atoms with E-state index in [-0.39, 0.29) is 0 Å². The van der Waals surface area contributed by atoms with Crippen molar-refractivity contribution in [2.75, 3.05) is 0 Å². The molecule has 0 bridgehead atoms. The number of hydrogen-bond acceptors (Lipinski definition) is 3. The Bertz CT molecular complexity index is 808. The molecule has 0 unspecified atom stereocenters. The van der Waals surface area contributed by atoms with E-state index in [4.69, 9.17) is 12.2 Å². The molecule has 2 aromatic heterocycles. The first-order valence-corrected chi connectivity index (χ1v) is 6.77. The lowest BCUT2D eigenvalue weighted by Gasteiger charge is -2.09. The third kappa shape index (κ3) is 1.69. The average Bonchev–Trinajstić information content (AvgIpc) is 3.22. The van der Waals surface area contributed by atoms with Crippen LogP contribution < -0.4 is 0 Å².